The zero-order valence-electron chi connectivity index (χ0n) is 20.8. The number of nitrogens with one attached hydrogen (secondary N) is 1. The Labute approximate surface area is 209 Å². The Hall–Kier alpha value is -4.39. The van der Waals surface area contributed by atoms with Crippen molar-refractivity contribution >= 4 is 33.5 Å². The Kier molecular flexibility index (Phi) is 6.06. The number of nitrogens with zero attached hydrogens (tertiary/aromatic N) is 3. The fourth-order valence-electron chi connectivity index (χ4n) is 4.71. The molecule has 3 aromatic carbocycles. The van der Waals surface area contributed by atoms with Crippen molar-refractivity contribution in [1.82, 2.24) is 14.1 Å². The second kappa shape index (κ2) is 9.34. The number of fused-ring (bicyclic) bond motifs is 3. The third kappa shape index (κ3) is 4.47. The van der Waals surface area contributed by atoms with Gasteiger partial charge in [-0.05, 0) is 73.9 Å². The van der Waals surface area contributed by atoms with Crippen molar-refractivity contribution in [2.75, 3.05) is 12.4 Å². The zero-order chi connectivity index (χ0) is 25.4. The molecule has 0 aliphatic carbocycles. The summed E-state index contributed by atoms with van der Waals surface area (Å²) in [5.41, 5.74) is 6.53. The number of rotatable bonds is 6. The summed E-state index contributed by atoms with van der Waals surface area (Å²) in [6, 6.07) is 19.4. The fourth-order valence-corrected chi connectivity index (χ4v) is 4.71. The molecule has 0 aliphatic rings. The van der Waals surface area contributed by atoms with Crippen LogP contribution in [0.15, 0.2) is 71.8 Å². The molecule has 0 saturated carbocycles. The van der Waals surface area contributed by atoms with E-state index in [2.05, 4.69) is 16.4 Å². The van der Waals surface area contributed by atoms with Gasteiger partial charge in [-0.2, -0.15) is 0 Å². The van der Waals surface area contributed by atoms with Gasteiger partial charge in [-0.1, -0.05) is 29.8 Å². The average molecular weight is 481 g/mol. The van der Waals surface area contributed by atoms with Crippen molar-refractivity contribution < 1.29 is 9.53 Å². The van der Waals surface area contributed by atoms with Crippen LogP contribution in [0.1, 0.15) is 22.3 Å². The molecule has 5 aromatic rings. The van der Waals surface area contributed by atoms with Crippen molar-refractivity contribution in [3.8, 4) is 5.75 Å². The highest BCUT2D eigenvalue weighted by Crippen LogP contribution is 2.27. The highest BCUT2D eigenvalue weighted by atomic mass is 16.5. The standard InChI is InChI=1S/C29H28N4O3/c1-18-5-10-25-24(14-18)27-28(33(25)16-26(34)31-22-12-19(2)11-20(3)13-22)29(35)32(17-30-27)15-21-6-8-23(36-4)9-7-21/h5-14,17H,15-16H2,1-4H3,(H,31,34). The number of hydrogen-bond acceptors (Lipinski definition) is 4. The molecule has 182 valence electrons. The number of aromatic nitrogens is 3. The molecule has 7 heteroatoms. The Morgan fingerprint density at radius 2 is 1.67 bits per heavy atom. The molecule has 0 aliphatic heterocycles. The van der Waals surface area contributed by atoms with Crippen molar-refractivity contribution in [3.63, 3.8) is 0 Å². The van der Waals surface area contributed by atoms with E-state index in [0.29, 0.717) is 17.6 Å². The normalized spacial score (nSPS) is 11.2. The number of carbonyl (C=O) groups excluding carboxylic acids is 1. The van der Waals surface area contributed by atoms with Crippen LogP contribution in [-0.4, -0.2) is 27.1 Å². The van der Waals surface area contributed by atoms with Gasteiger partial charge >= 0.3 is 0 Å². The fraction of sp³-hybridized carbons (Fsp3) is 0.207. The molecule has 0 radical (unpaired) electrons. The minimum atomic E-state index is -0.204. The van der Waals surface area contributed by atoms with Crippen LogP contribution in [-0.2, 0) is 17.9 Å². The van der Waals surface area contributed by atoms with Crippen molar-refractivity contribution in [3.05, 3.63) is 99.6 Å². The molecule has 0 atom stereocenters. The van der Waals surface area contributed by atoms with Crippen LogP contribution in [0.2, 0.25) is 0 Å². The van der Waals surface area contributed by atoms with Gasteiger partial charge in [0.05, 0.1) is 25.5 Å². The molecule has 0 spiro atoms. The van der Waals surface area contributed by atoms with Crippen LogP contribution in [0.25, 0.3) is 21.9 Å². The van der Waals surface area contributed by atoms with Gasteiger partial charge in [0.15, 0.2) is 0 Å². The number of ether oxygens (including phenoxy) is 1. The number of hydrogen-bond donors (Lipinski definition) is 1. The molecule has 1 N–H and O–H groups in total. The Morgan fingerprint density at radius 3 is 2.36 bits per heavy atom. The number of aryl methyl sites for hydroxylation is 3. The molecule has 36 heavy (non-hydrogen) atoms. The molecule has 0 unspecified atom stereocenters. The number of benzene rings is 3. The van der Waals surface area contributed by atoms with E-state index in [1.165, 1.54) is 0 Å². The molecule has 2 aromatic heterocycles. The first kappa shape index (κ1) is 23.4. The van der Waals surface area contributed by atoms with Gasteiger partial charge in [0, 0.05) is 11.1 Å². The second-order valence-corrected chi connectivity index (χ2v) is 9.25. The van der Waals surface area contributed by atoms with Crippen molar-refractivity contribution in [1.29, 1.82) is 0 Å². The van der Waals surface area contributed by atoms with Gasteiger partial charge in [0.2, 0.25) is 5.91 Å². The first-order chi connectivity index (χ1) is 17.3. The summed E-state index contributed by atoms with van der Waals surface area (Å²) >= 11 is 0. The van der Waals surface area contributed by atoms with Gasteiger partial charge in [-0.15, -0.1) is 0 Å². The summed E-state index contributed by atoms with van der Waals surface area (Å²) in [6.07, 6.45) is 1.58. The lowest BCUT2D eigenvalue weighted by atomic mass is 10.1. The quantitative estimate of drug-likeness (QED) is 0.372. The summed E-state index contributed by atoms with van der Waals surface area (Å²) in [4.78, 5) is 31.5. The third-order valence-electron chi connectivity index (χ3n) is 6.30. The van der Waals surface area contributed by atoms with Crippen LogP contribution in [0, 0.1) is 20.8 Å². The topological polar surface area (TPSA) is 78.2 Å². The number of carbonyl (C=O) groups is 1. The Balaban J connectivity index is 1.57. The summed E-state index contributed by atoms with van der Waals surface area (Å²) in [7, 11) is 1.62. The summed E-state index contributed by atoms with van der Waals surface area (Å²) in [5, 5.41) is 3.85. The van der Waals surface area contributed by atoms with E-state index in [9.17, 15) is 9.59 Å². The van der Waals surface area contributed by atoms with E-state index < -0.39 is 0 Å². The van der Waals surface area contributed by atoms with Gasteiger partial charge in [0.1, 0.15) is 23.3 Å². The third-order valence-corrected chi connectivity index (χ3v) is 6.30. The number of methoxy groups -OCH3 is 1. The minimum Gasteiger partial charge on any atom is -0.497 e. The van der Waals surface area contributed by atoms with Crippen LogP contribution in [0.5, 0.6) is 5.75 Å². The maximum absolute atomic E-state index is 13.7. The SMILES string of the molecule is COc1ccc(Cn2cnc3c4cc(C)ccc4n(CC(=O)Nc4cc(C)cc(C)c4)c3c2=O)cc1. The largest absolute Gasteiger partial charge is 0.497 e. The van der Waals surface area contributed by atoms with Gasteiger partial charge < -0.3 is 14.6 Å². The minimum absolute atomic E-state index is 0.000477. The van der Waals surface area contributed by atoms with Crippen LogP contribution in [0.3, 0.4) is 0 Å². The lowest BCUT2D eigenvalue weighted by Gasteiger charge is -2.11. The first-order valence-electron chi connectivity index (χ1n) is 11.8. The monoisotopic (exact) mass is 480 g/mol. The molecule has 0 saturated heterocycles. The second-order valence-electron chi connectivity index (χ2n) is 9.25. The van der Waals surface area contributed by atoms with Crippen LogP contribution in [0.4, 0.5) is 5.69 Å². The zero-order valence-corrected chi connectivity index (χ0v) is 20.8. The summed E-state index contributed by atoms with van der Waals surface area (Å²) in [5.74, 6) is 0.550. The van der Waals surface area contributed by atoms with Gasteiger partial charge in [-0.25, -0.2) is 4.98 Å². The van der Waals surface area contributed by atoms with Crippen molar-refractivity contribution in [2.24, 2.45) is 0 Å². The van der Waals surface area contributed by atoms with E-state index in [1.807, 2.05) is 75.4 Å². The molecule has 7 nitrogen and oxygen atoms in total. The number of amides is 1. The molecule has 0 fully saturated rings. The van der Waals surface area contributed by atoms with Crippen LogP contribution >= 0.6 is 0 Å². The van der Waals surface area contributed by atoms with Crippen molar-refractivity contribution in [2.45, 2.75) is 33.9 Å². The maximum atomic E-state index is 13.7. The predicted molar refractivity (Wildman–Crippen MR) is 143 cm³/mol. The molecular formula is C29H28N4O3. The van der Waals surface area contributed by atoms with Gasteiger partial charge in [0.25, 0.3) is 5.56 Å². The Morgan fingerprint density at radius 1 is 0.944 bits per heavy atom. The average Bonchev–Trinajstić information content (AvgIpc) is 3.13. The molecule has 1 amide bonds. The van der Waals surface area contributed by atoms with E-state index in [-0.39, 0.29) is 18.0 Å². The maximum Gasteiger partial charge on any atom is 0.278 e. The summed E-state index contributed by atoms with van der Waals surface area (Å²) in [6.45, 7) is 6.35. The lowest BCUT2D eigenvalue weighted by molar-refractivity contribution is -0.116. The molecule has 2 heterocycles. The van der Waals surface area contributed by atoms with E-state index in [0.717, 1.165) is 44.6 Å². The van der Waals surface area contributed by atoms with Crippen LogP contribution < -0.4 is 15.6 Å². The van der Waals surface area contributed by atoms with E-state index >= 15 is 0 Å². The van der Waals surface area contributed by atoms with E-state index in [4.69, 9.17) is 4.74 Å². The predicted octanol–water partition coefficient (Wildman–Crippen LogP) is 4.97. The molecule has 0 bridgehead atoms. The highest BCUT2D eigenvalue weighted by molar-refractivity contribution is 6.06. The number of anilines is 1. The molecule has 5 rings (SSSR count). The van der Waals surface area contributed by atoms with Gasteiger partial charge in [-0.3, -0.25) is 14.2 Å². The summed E-state index contributed by atoms with van der Waals surface area (Å²) < 4.78 is 8.59. The highest BCUT2D eigenvalue weighted by Gasteiger charge is 2.19. The lowest BCUT2D eigenvalue weighted by Crippen LogP contribution is -2.25. The Bertz CT molecular complexity index is 1640. The first-order valence-corrected chi connectivity index (χ1v) is 11.8. The smallest absolute Gasteiger partial charge is 0.278 e. The molecular weight excluding hydrogens is 452 g/mol. The van der Waals surface area contributed by atoms with E-state index in [1.54, 1.807) is 22.6 Å².